The van der Waals surface area contributed by atoms with Crippen molar-refractivity contribution in [2.75, 3.05) is 0 Å². The molecule has 6 heteroatoms. The Balaban J connectivity index is 2.87. The zero-order valence-corrected chi connectivity index (χ0v) is 11.4. The van der Waals surface area contributed by atoms with E-state index in [-0.39, 0.29) is 0 Å². The number of halogens is 2. The largest absolute Gasteiger partial charge is 0.490 e. The van der Waals surface area contributed by atoms with Crippen molar-refractivity contribution in [1.82, 2.24) is 0 Å². The normalized spacial score (nSPS) is 10.9. The van der Waals surface area contributed by atoms with Crippen molar-refractivity contribution < 1.29 is 10.0 Å². The second-order valence-corrected chi connectivity index (χ2v) is 5.72. The highest BCUT2D eigenvalue weighted by Gasteiger charge is 2.20. The quantitative estimate of drug-likeness (QED) is 0.584. The SMILES string of the molecule is OB(O)c1c(Br)ccc2scc(I)c12. The summed E-state index contributed by atoms with van der Waals surface area (Å²) in [5.41, 5.74) is 0.549. The number of rotatable bonds is 1. The predicted molar refractivity (Wildman–Crippen MR) is 72.1 cm³/mol. The van der Waals surface area contributed by atoms with Crippen LogP contribution in [0.5, 0.6) is 0 Å². The highest BCUT2D eigenvalue weighted by Crippen LogP contribution is 2.28. The van der Waals surface area contributed by atoms with Gasteiger partial charge in [0.15, 0.2) is 0 Å². The van der Waals surface area contributed by atoms with Gasteiger partial charge in [0.1, 0.15) is 0 Å². The van der Waals surface area contributed by atoms with Gasteiger partial charge >= 0.3 is 7.12 Å². The third-order valence-electron chi connectivity index (χ3n) is 1.94. The summed E-state index contributed by atoms with van der Waals surface area (Å²) in [6.07, 6.45) is 0. The van der Waals surface area contributed by atoms with E-state index in [2.05, 4.69) is 38.5 Å². The fourth-order valence-electron chi connectivity index (χ4n) is 1.35. The van der Waals surface area contributed by atoms with Crippen LogP contribution in [0.15, 0.2) is 22.0 Å². The zero-order valence-electron chi connectivity index (χ0n) is 6.87. The van der Waals surface area contributed by atoms with Gasteiger partial charge in [-0.1, -0.05) is 15.9 Å². The zero-order chi connectivity index (χ0) is 10.3. The lowest BCUT2D eigenvalue weighted by atomic mass is 9.78. The Bertz CT molecular complexity index is 485. The molecular weight excluding hydrogens is 378 g/mol. The average Bonchev–Trinajstić information content (AvgIpc) is 2.47. The fraction of sp³-hybridized carbons (Fsp3) is 0. The van der Waals surface area contributed by atoms with Crippen LogP contribution >= 0.6 is 49.9 Å². The Kier molecular flexibility index (Phi) is 3.18. The molecule has 1 aromatic heterocycles. The maximum absolute atomic E-state index is 9.27. The Labute approximate surface area is 107 Å². The minimum Gasteiger partial charge on any atom is -0.423 e. The Hall–Kier alpha value is 0.375. The van der Waals surface area contributed by atoms with Crippen LogP contribution in [0.3, 0.4) is 0 Å². The molecule has 0 spiro atoms. The lowest BCUT2D eigenvalue weighted by Crippen LogP contribution is -2.31. The molecule has 0 amide bonds. The standard InChI is InChI=1S/C8H5BBrIO2S/c10-4-1-2-6-7(5(11)3-14-6)8(4)9(12)13/h1-3,12-13H. The average molecular weight is 383 g/mol. The maximum atomic E-state index is 9.27. The molecule has 0 bridgehead atoms. The monoisotopic (exact) mass is 382 g/mol. The smallest absolute Gasteiger partial charge is 0.423 e. The van der Waals surface area contributed by atoms with E-state index in [0.717, 1.165) is 18.1 Å². The fourth-order valence-corrected chi connectivity index (χ4v) is 3.86. The third kappa shape index (κ3) is 1.74. The van der Waals surface area contributed by atoms with E-state index in [4.69, 9.17) is 0 Å². The molecule has 1 aromatic carbocycles. The minimum atomic E-state index is -1.43. The van der Waals surface area contributed by atoms with Gasteiger partial charge in [0, 0.05) is 29.0 Å². The number of fused-ring (bicyclic) bond motifs is 1. The molecule has 14 heavy (non-hydrogen) atoms. The molecule has 0 aliphatic heterocycles. The van der Waals surface area contributed by atoms with Crippen LogP contribution in [-0.2, 0) is 0 Å². The minimum absolute atomic E-state index is 0.549. The summed E-state index contributed by atoms with van der Waals surface area (Å²) >= 11 is 7.12. The second kappa shape index (κ2) is 4.09. The van der Waals surface area contributed by atoms with Gasteiger partial charge in [-0.25, -0.2) is 0 Å². The lowest BCUT2D eigenvalue weighted by Gasteiger charge is -2.05. The topological polar surface area (TPSA) is 40.5 Å². The van der Waals surface area contributed by atoms with Crippen molar-refractivity contribution in [3.05, 3.63) is 25.6 Å². The maximum Gasteiger partial charge on any atom is 0.490 e. The summed E-state index contributed by atoms with van der Waals surface area (Å²) in [5, 5.41) is 21.5. The van der Waals surface area contributed by atoms with E-state index in [9.17, 15) is 10.0 Å². The van der Waals surface area contributed by atoms with Crippen molar-refractivity contribution in [2.24, 2.45) is 0 Å². The first-order valence-electron chi connectivity index (χ1n) is 3.82. The van der Waals surface area contributed by atoms with Crippen molar-refractivity contribution in [1.29, 1.82) is 0 Å². The van der Waals surface area contributed by atoms with Gasteiger partial charge in [-0.3, -0.25) is 0 Å². The molecule has 0 radical (unpaired) electrons. The van der Waals surface area contributed by atoms with E-state index in [1.54, 1.807) is 11.3 Å². The van der Waals surface area contributed by atoms with Crippen LogP contribution in [0.25, 0.3) is 10.1 Å². The Morgan fingerprint density at radius 2 is 2.07 bits per heavy atom. The highest BCUT2D eigenvalue weighted by molar-refractivity contribution is 14.1. The first-order valence-corrected chi connectivity index (χ1v) is 6.57. The summed E-state index contributed by atoms with van der Waals surface area (Å²) < 4.78 is 2.85. The van der Waals surface area contributed by atoms with E-state index in [1.807, 2.05) is 17.5 Å². The van der Waals surface area contributed by atoms with Gasteiger partial charge in [-0.15, -0.1) is 11.3 Å². The summed E-state index contributed by atoms with van der Waals surface area (Å²) in [4.78, 5) is 0. The van der Waals surface area contributed by atoms with E-state index >= 15 is 0 Å². The van der Waals surface area contributed by atoms with Crippen molar-refractivity contribution in [3.8, 4) is 0 Å². The molecule has 72 valence electrons. The van der Waals surface area contributed by atoms with Gasteiger partial charge in [0.25, 0.3) is 0 Å². The van der Waals surface area contributed by atoms with Crippen LogP contribution in [0.4, 0.5) is 0 Å². The summed E-state index contributed by atoms with van der Waals surface area (Å²) in [6.45, 7) is 0. The Morgan fingerprint density at radius 3 is 2.71 bits per heavy atom. The lowest BCUT2D eigenvalue weighted by molar-refractivity contribution is 0.426. The van der Waals surface area contributed by atoms with Crippen LogP contribution in [0.1, 0.15) is 0 Å². The van der Waals surface area contributed by atoms with Crippen molar-refractivity contribution >= 4 is 72.5 Å². The molecule has 0 saturated carbocycles. The van der Waals surface area contributed by atoms with Crippen LogP contribution < -0.4 is 5.46 Å². The molecule has 0 aliphatic carbocycles. The van der Waals surface area contributed by atoms with Crippen LogP contribution in [0.2, 0.25) is 0 Å². The second-order valence-electron chi connectivity index (χ2n) is 2.79. The van der Waals surface area contributed by atoms with Gasteiger partial charge < -0.3 is 10.0 Å². The molecule has 0 saturated heterocycles. The van der Waals surface area contributed by atoms with Crippen molar-refractivity contribution in [2.45, 2.75) is 0 Å². The molecule has 2 nitrogen and oxygen atoms in total. The van der Waals surface area contributed by atoms with Crippen LogP contribution in [0, 0.1) is 3.57 Å². The van der Waals surface area contributed by atoms with Crippen molar-refractivity contribution in [3.63, 3.8) is 0 Å². The molecule has 2 aromatic rings. The number of thiophene rings is 1. The number of benzene rings is 1. The number of hydrogen-bond acceptors (Lipinski definition) is 3. The first kappa shape index (κ1) is 10.9. The van der Waals surface area contributed by atoms with E-state index in [1.165, 1.54) is 0 Å². The molecule has 0 fully saturated rings. The molecule has 0 atom stereocenters. The van der Waals surface area contributed by atoms with Crippen LogP contribution in [-0.4, -0.2) is 17.2 Å². The third-order valence-corrected chi connectivity index (χ3v) is 4.85. The van der Waals surface area contributed by atoms with Gasteiger partial charge in [-0.2, -0.15) is 0 Å². The number of hydrogen-bond donors (Lipinski definition) is 2. The summed E-state index contributed by atoms with van der Waals surface area (Å²) in [7, 11) is -1.43. The summed E-state index contributed by atoms with van der Waals surface area (Å²) in [6, 6.07) is 3.81. The summed E-state index contributed by atoms with van der Waals surface area (Å²) in [5.74, 6) is 0. The van der Waals surface area contributed by atoms with Gasteiger partial charge in [0.05, 0.1) is 0 Å². The van der Waals surface area contributed by atoms with E-state index in [0.29, 0.717) is 5.46 Å². The first-order chi connectivity index (χ1) is 6.61. The van der Waals surface area contributed by atoms with Gasteiger partial charge in [-0.05, 0) is 34.7 Å². The predicted octanol–water partition coefficient (Wildman–Crippen LogP) is 1.95. The Morgan fingerprint density at radius 1 is 1.36 bits per heavy atom. The molecule has 1 heterocycles. The molecule has 0 aliphatic rings. The molecule has 0 unspecified atom stereocenters. The molecule has 2 rings (SSSR count). The molecular formula is C8H5BBrIO2S. The van der Waals surface area contributed by atoms with Gasteiger partial charge in [0.2, 0.25) is 0 Å². The highest BCUT2D eigenvalue weighted by atomic mass is 127. The van der Waals surface area contributed by atoms with E-state index < -0.39 is 7.12 Å². The molecule has 2 N–H and O–H groups in total.